The summed E-state index contributed by atoms with van der Waals surface area (Å²) in [6, 6.07) is 19.7. The number of fused-ring (bicyclic) bond motifs is 2. The normalized spacial score (nSPS) is 14.1. The van der Waals surface area contributed by atoms with E-state index in [0.717, 1.165) is 0 Å². The first-order chi connectivity index (χ1) is 16.4. The van der Waals surface area contributed by atoms with Gasteiger partial charge in [-0.3, -0.25) is 0 Å². The molecule has 0 nitrogen and oxygen atoms in total. The molecule has 0 aliphatic carbocycles. The number of rotatable bonds is 0. The highest BCUT2D eigenvalue weighted by Crippen LogP contribution is 2.47. The van der Waals surface area contributed by atoms with Crippen LogP contribution in [0.2, 0.25) is 0 Å². The van der Waals surface area contributed by atoms with Crippen LogP contribution in [-0.2, 0) is 21.7 Å². The quantitative estimate of drug-likeness (QED) is 0.154. The van der Waals surface area contributed by atoms with Gasteiger partial charge >= 0.3 is 0 Å². The smallest absolute Gasteiger partial charge is 0.00232 e. The van der Waals surface area contributed by atoms with Crippen molar-refractivity contribution in [3.63, 3.8) is 0 Å². The first-order valence-electron chi connectivity index (χ1n) is 13.6. The van der Waals surface area contributed by atoms with E-state index in [1.165, 1.54) is 65.3 Å². The number of benzene rings is 5. The molecule has 36 heavy (non-hydrogen) atoms. The molecule has 0 heterocycles. The van der Waals surface area contributed by atoms with Gasteiger partial charge < -0.3 is 0 Å². The van der Waals surface area contributed by atoms with Gasteiger partial charge in [-0.05, 0) is 105 Å². The summed E-state index contributed by atoms with van der Waals surface area (Å²) in [6.07, 6.45) is 0. The van der Waals surface area contributed by atoms with Crippen LogP contribution in [0, 0.1) is 0 Å². The van der Waals surface area contributed by atoms with Gasteiger partial charge in [0.15, 0.2) is 0 Å². The minimum atomic E-state index is 0.0718. The summed E-state index contributed by atoms with van der Waals surface area (Å²) in [6.45, 7) is 28.1. The number of hydrogen-bond acceptors (Lipinski definition) is 0. The Morgan fingerprint density at radius 1 is 0.361 bits per heavy atom. The lowest BCUT2D eigenvalue weighted by atomic mass is 9.75. The second kappa shape index (κ2) is 7.47. The lowest BCUT2D eigenvalue weighted by Crippen LogP contribution is -2.15. The largest absolute Gasteiger partial charge is 0.0572 e. The van der Waals surface area contributed by atoms with Crippen molar-refractivity contribution in [2.24, 2.45) is 0 Å². The first-order valence-corrected chi connectivity index (χ1v) is 13.6. The third kappa shape index (κ3) is 3.89. The standard InChI is InChI=1S/C36H44/c1-33(2,3)22-15-21-16-23(34(4,5)6)18-27-28-19-24(35(7,8)9)20-29-30(36(10,11)12)14-13-25(32(28)29)26(17-22)31(21)27/h13-20H,1-12H3. The maximum atomic E-state index is 2.50. The van der Waals surface area contributed by atoms with Crippen molar-refractivity contribution >= 4 is 43.1 Å². The second-order valence-corrected chi connectivity index (χ2v) is 15.3. The summed E-state index contributed by atoms with van der Waals surface area (Å²) >= 11 is 0. The SMILES string of the molecule is CC(C)(C)c1cc2cc(C(C)(C)C)cc3c4cc(C(C)(C)C)cc5c(C(C)(C)C)ccc(c(c1)c23)c54. The molecule has 0 aromatic heterocycles. The molecule has 5 aromatic rings. The lowest BCUT2D eigenvalue weighted by Gasteiger charge is -2.28. The Morgan fingerprint density at radius 2 is 0.750 bits per heavy atom. The van der Waals surface area contributed by atoms with E-state index in [2.05, 4.69) is 132 Å². The van der Waals surface area contributed by atoms with Gasteiger partial charge in [-0.2, -0.15) is 0 Å². The summed E-state index contributed by atoms with van der Waals surface area (Å²) < 4.78 is 0. The van der Waals surface area contributed by atoms with Crippen LogP contribution >= 0.6 is 0 Å². The molecule has 0 unspecified atom stereocenters. The fourth-order valence-corrected chi connectivity index (χ4v) is 5.82. The molecule has 5 rings (SSSR count). The van der Waals surface area contributed by atoms with Crippen LogP contribution in [0.15, 0.2) is 48.5 Å². The van der Waals surface area contributed by atoms with E-state index in [1.807, 2.05) is 0 Å². The van der Waals surface area contributed by atoms with Crippen LogP contribution in [-0.4, -0.2) is 0 Å². The topological polar surface area (TPSA) is 0 Å². The molecule has 0 fully saturated rings. The van der Waals surface area contributed by atoms with Crippen LogP contribution in [0.1, 0.15) is 105 Å². The zero-order chi connectivity index (χ0) is 26.6. The van der Waals surface area contributed by atoms with E-state index in [1.54, 1.807) is 0 Å². The first kappa shape index (κ1) is 25.1. The second-order valence-electron chi connectivity index (χ2n) is 15.3. The Hall–Kier alpha value is -2.60. The average molecular weight is 477 g/mol. The third-order valence-corrected chi connectivity index (χ3v) is 8.15. The van der Waals surface area contributed by atoms with Crippen LogP contribution in [0.4, 0.5) is 0 Å². The van der Waals surface area contributed by atoms with E-state index < -0.39 is 0 Å². The molecule has 0 aliphatic heterocycles. The summed E-state index contributed by atoms with van der Waals surface area (Å²) in [4.78, 5) is 0. The molecule has 0 amide bonds. The van der Waals surface area contributed by atoms with Crippen LogP contribution in [0.25, 0.3) is 43.1 Å². The van der Waals surface area contributed by atoms with Gasteiger partial charge in [-0.25, -0.2) is 0 Å². The summed E-state index contributed by atoms with van der Waals surface area (Å²) in [5.74, 6) is 0. The van der Waals surface area contributed by atoms with E-state index in [-0.39, 0.29) is 21.7 Å². The summed E-state index contributed by atoms with van der Waals surface area (Å²) in [5.41, 5.74) is 5.98. The molecule has 0 aliphatic rings. The summed E-state index contributed by atoms with van der Waals surface area (Å²) in [5, 5.41) is 11.2. The van der Waals surface area contributed by atoms with Crippen molar-refractivity contribution in [2.45, 2.75) is 105 Å². The van der Waals surface area contributed by atoms with Crippen molar-refractivity contribution < 1.29 is 0 Å². The molecular formula is C36H44. The highest BCUT2D eigenvalue weighted by Gasteiger charge is 2.26. The minimum absolute atomic E-state index is 0.0718. The van der Waals surface area contributed by atoms with Crippen molar-refractivity contribution in [1.29, 1.82) is 0 Å². The molecule has 0 atom stereocenters. The fourth-order valence-electron chi connectivity index (χ4n) is 5.82. The molecule has 0 saturated carbocycles. The summed E-state index contributed by atoms with van der Waals surface area (Å²) in [7, 11) is 0. The monoisotopic (exact) mass is 476 g/mol. The zero-order valence-electron chi connectivity index (χ0n) is 24.6. The van der Waals surface area contributed by atoms with Gasteiger partial charge in [-0.15, -0.1) is 0 Å². The molecule has 0 saturated heterocycles. The molecule has 0 heteroatoms. The predicted octanol–water partition coefficient (Wildman–Crippen LogP) is 10.9. The zero-order valence-corrected chi connectivity index (χ0v) is 24.6. The predicted molar refractivity (Wildman–Crippen MR) is 162 cm³/mol. The van der Waals surface area contributed by atoms with Gasteiger partial charge in [-0.1, -0.05) is 113 Å². The Labute approximate surface area is 218 Å². The maximum Gasteiger partial charge on any atom is -0.00232 e. The van der Waals surface area contributed by atoms with Gasteiger partial charge in [0.2, 0.25) is 0 Å². The van der Waals surface area contributed by atoms with Crippen LogP contribution < -0.4 is 0 Å². The maximum absolute atomic E-state index is 2.50. The minimum Gasteiger partial charge on any atom is -0.0572 e. The lowest BCUT2D eigenvalue weighted by molar-refractivity contribution is 0.588. The molecule has 0 bridgehead atoms. The Kier molecular flexibility index (Phi) is 5.20. The van der Waals surface area contributed by atoms with Gasteiger partial charge in [0.25, 0.3) is 0 Å². The number of hydrogen-bond donors (Lipinski definition) is 0. The van der Waals surface area contributed by atoms with Gasteiger partial charge in [0.1, 0.15) is 0 Å². The molecule has 0 radical (unpaired) electrons. The van der Waals surface area contributed by atoms with Crippen molar-refractivity contribution in [3.8, 4) is 0 Å². The molecule has 188 valence electrons. The van der Waals surface area contributed by atoms with Crippen molar-refractivity contribution in [3.05, 3.63) is 70.8 Å². The Morgan fingerprint density at radius 3 is 1.19 bits per heavy atom. The molecule has 5 aromatic carbocycles. The van der Waals surface area contributed by atoms with E-state index in [4.69, 9.17) is 0 Å². The highest BCUT2D eigenvalue weighted by molar-refractivity contribution is 6.33. The third-order valence-electron chi connectivity index (χ3n) is 8.15. The molecule has 0 spiro atoms. The Bertz CT molecular complexity index is 1630. The average Bonchev–Trinajstić information content (AvgIpc) is 2.73. The van der Waals surface area contributed by atoms with E-state index in [9.17, 15) is 0 Å². The Balaban J connectivity index is 2.15. The molecule has 0 N–H and O–H groups in total. The van der Waals surface area contributed by atoms with Crippen LogP contribution in [0.3, 0.4) is 0 Å². The fraction of sp³-hybridized carbons (Fsp3) is 0.444. The van der Waals surface area contributed by atoms with Crippen LogP contribution in [0.5, 0.6) is 0 Å². The van der Waals surface area contributed by atoms with E-state index >= 15 is 0 Å². The van der Waals surface area contributed by atoms with Crippen molar-refractivity contribution in [2.75, 3.05) is 0 Å². The van der Waals surface area contributed by atoms with Gasteiger partial charge in [0, 0.05) is 0 Å². The van der Waals surface area contributed by atoms with Crippen molar-refractivity contribution in [1.82, 2.24) is 0 Å². The van der Waals surface area contributed by atoms with E-state index in [0.29, 0.717) is 0 Å². The highest BCUT2D eigenvalue weighted by atomic mass is 14.3. The van der Waals surface area contributed by atoms with Gasteiger partial charge in [0.05, 0.1) is 0 Å². The molecular weight excluding hydrogens is 432 g/mol.